The number of rotatable bonds is 2. The van der Waals surface area contributed by atoms with Crippen molar-refractivity contribution >= 4 is 57.2 Å². The Balaban J connectivity index is 0.00000144. The number of piperidine rings is 1. The number of guanidine groups is 1. The molecule has 1 aromatic heterocycles. The summed E-state index contributed by atoms with van der Waals surface area (Å²) in [5.41, 5.74) is 5.97. The molecular weight excluding hydrogens is 413 g/mol. The molecule has 17 heavy (non-hydrogen) atoms. The number of likely N-dealkylation sites (tertiary alicyclic amines) is 1. The van der Waals surface area contributed by atoms with E-state index in [-0.39, 0.29) is 24.0 Å². The van der Waals surface area contributed by atoms with Gasteiger partial charge in [0, 0.05) is 18.0 Å². The van der Waals surface area contributed by atoms with E-state index in [4.69, 9.17) is 5.73 Å². The van der Waals surface area contributed by atoms with E-state index in [1.54, 1.807) is 11.3 Å². The van der Waals surface area contributed by atoms with Gasteiger partial charge in [-0.1, -0.05) is 0 Å². The van der Waals surface area contributed by atoms with E-state index in [0.29, 0.717) is 12.5 Å². The van der Waals surface area contributed by atoms with Crippen LogP contribution in [0.1, 0.15) is 24.1 Å². The maximum Gasteiger partial charge on any atom is 0.191 e. The lowest BCUT2D eigenvalue weighted by Crippen LogP contribution is -2.40. The lowest BCUT2D eigenvalue weighted by Gasteiger charge is -2.27. The fourth-order valence-corrected chi connectivity index (χ4v) is 3.23. The minimum Gasteiger partial charge on any atom is -0.370 e. The predicted octanol–water partition coefficient (Wildman–Crippen LogP) is 3.43. The lowest BCUT2D eigenvalue weighted by atomic mass is 10.1. The monoisotopic (exact) mass is 429 g/mol. The highest BCUT2D eigenvalue weighted by atomic mass is 127. The van der Waals surface area contributed by atoms with Gasteiger partial charge in [0.2, 0.25) is 0 Å². The van der Waals surface area contributed by atoms with Gasteiger partial charge >= 0.3 is 0 Å². The molecule has 96 valence electrons. The minimum absolute atomic E-state index is 0. The summed E-state index contributed by atoms with van der Waals surface area (Å²) in [6.45, 7) is 2.81. The van der Waals surface area contributed by atoms with E-state index in [0.717, 1.165) is 16.9 Å². The summed E-state index contributed by atoms with van der Waals surface area (Å²) in [4.78, 5) is 7.87. The van der Waals surface area contributed by atoms with Crippen molar-refractivity contribution < 1.29 is 0 Å². The van der Waals surface area contributed by atoms with Crippen LogP contribution in [0.5, 0.6) is 0 Å². The molecule has 0 spiro atoms. The molecular formula is C11H17BrIN3S. The normalized spacial score (nSPS) is 16.8. The van der Waals surface area contributed by atoms with Crippen LogP contribution in [-0.2, 0) is 6.54 Å². The van der Waals surface area contributed by atoms with Crippen molar-refractivity contribution in [1.29, 1.82) is 0 Å². The van der Waals surface area contributed by atoms with Crippen molar-refractivity contribution in [3.63, 3.8) is 0 Å². The van der Waals surface area contributed by atoms with Crippen molar-refractivity contribution in [3.8, 4) is 0 Å². The third-order valence-corrected chi connectivity index (χ3v) is 4.31. The lowest BCUT2D eigenvalue weighted by molar-refractivity contribution is 0.338. The van der Waals surface area contributed by atoms with Gasteiger partial charge in [-0.25, -0.2) is 4.99 Å². The van der Waals surface area contributed by atoms with Crippen LogP contribution in [0.3, 0.4) is 0 Å². The van der Waals surface area contributed by atoms with E-state index in [2.05, 4.69) is 31.9 Å². The quantitative estimate of drug-likeness (QED) is 0.444. The summed E-state index contributed by atoms with van der Waals surface area (Å²) in [6.07, 6.45) is 3.79. The first kappa shape index (κ1) is 15.2. The van der Waals surface area contributed by atoms with Crippen molar-refractivity contribution in [1.82, 2.24) is 4.90 Å². The Bertz CT molecular complexity index is 375. The average Bonchev–Trinajstić information content (AvgIpc) is 2.73. The van der Waals surface area contributed by atoms with Crippen LogP contribution in [-0.4, -0.2) is 23.9 Å². The fourth-order valence-electron chi connectivity index (χ4n) is 1.82. The van der Waals surface area contributed by atoms with Crippen LogP contribution in [0.15, 0.2) is 20.9 Å². The maximum absolute atomic E-state index is 5.97. The Morgan fingerprint density at radius 1 is 1.35 bits per heavy atom. The number of hydrogen-bond donors (Lipinski definition) is 1. The largest absolute Gasteiger partial charge is 0.370 e. The molecule has 1 saturated heterocycles. The summed E-state index contributed by atoms with van der Waals surface area (Å²) < 4.78 is 1.15. The first-order chi connectivity index (χ1) is 7.75. The molecule has 0 amide bonds. The van der Waals surface area contributed by atoms with E-state index in [1.165, 1.54) is 24.1 Å². The van der Waals surface area contributed by atoms with Gasteiger partial charge in [0.25, 0.3) is 0 Å². The van der Waals surface area contributed by atoms with Gasteiger partial charge in [-0.3, -0.25) is 0 Å². The molecule has 0 radical (unpaired) electrons. The molecule has 1 aromatic rings. The number of nitrogens with zero attached hydrogens (tertiary/aromatic N) is 2. The molecule has 1 aliphatic heterocycles. The Kier molecular flexibility index (Phi) is 6.79. The van der Waals surface area contributed by atoms with Crippen molar-refractivity contribution in [2.75, 3.05) is 13.1 Å². The summed E-state index contributed by atoms with van der Waals surface area (Å²) in [6, 6.07) is 4.13. The zero-order valence-corrected chi connectivity index (χ0v) is 14.3. The fraction of sp³-hybridized carbons (Fsp3) is 0.545. The summed E-state index contributed by atoms with van der Waals surface area (Å²) >= 11 is 5.16. The Hall–Kier alpha value is 0.180. The standard InChI is InChI=1S/C11H16BrN3S.HI/c12-10-5-4-9(16-10)8-14-11(13)15-6-2-1-3-7-15;/h4-5H,1-3,6-8H2,(H2,13,14);1H. The topological polar surface area (TPSA) is 41.6 Å². The van der Waals surface area contributed by atoms with Gasteiger partial charge in [0.1, 0.15) is 0 Å². The number of nitrogens with two attached hydrogens (primary N) is 1. The number of hydrogen-bond acceptors (Lipinski definition) is 2. The van der Waals surface area contributed by atoms with Gasteiger partial charge in [-0.2, -0.15) is 0 Å². The molecule has 0 bridgehead atoms. The first-order valence-corrected chi connectivity index (χ1v) is 7.16. The molecule has 0 saturated carbocycles. The molecule has 0 aliphatic carbocycles. The molecule has 0 aromatic carbocycles. The summed E-state index contributed by atoms with van der Waals surface area (Å²) in [5.74, 6) is 0.698. The van der Waals surface area contributed by atoms with Gasteiger partial charge in [-0.05, 0) is 47.3 Å². The van der Waals surface area contributed by atoms with E-state index in [9.17, 15) is 0 Å². The Labute approximate surface area is 132 Å². The second-order valence-corrected chi connectivity index (χ2v) is 6.48. The highest BCUT2D eigenvalue weighted by molar-refractivity contribution is 14.0. The highest BCUT2D eigenvalue weighted by Gasteiger charge is 2.11. The number of halogens is 2. The van der Waals surface area contributed by atoms with Crippen LogP contribution in [0.2, 0.25) is 0 Å². The van der Waals surface area contributed by atoms with Gasteiger partial charge in [0.15, 0.2) is 5.96 Å². The molecule has 0 atom stereocenters. The van der Waals surface area contributed by atoms with Crippen LogP contribution < -0.4 is 5.73 Å². The Morgan fingerprint density at radius 2 is 2.06 bits per heavy atom. The SMILES string of the molecule is I.NC(=NCc1ccc(Br)s1)N1CCCCC1. The molecule has 1 fully saturated rings. The molecule has 3 nitrogen and oxygen atoms in total. The molecule has 0 unspecified atom stereocenters. The van der Waals surface area contributed by atoms with E-state index >= 15 is 0 Å². The predicted molar refractivity (Wildman–Crippen MR) is 88.2 cm³/mol. The van der Waals surface area contributed by atoms with Crippen molar-refractivity contribution in [3.05, 3.63) is 20.8 Å². The zero-order valence-electron chi connectivity index (χ0n) is 9.56. The van der Waals surface area contributed by atoms with E-state index < -0.39 is 0 Å². The van der Waals surface area contributed by atoms with Crippen LogP contribution >= 0.6 is 51.2 Å². The molecule has 1 aliphatic rings. The molecule has 2 rings (SSSR count). The van der Waals surface area contributed by atoms with Gasteiger partial charge in [0.05, 0.1) is 10.3 Å². The highest BCUT2D eigenvalue weighted by Crippen LogP contribution is 2.22. The maximum atomic E-state index is 5.97. The Morgan fingerprint density at radius 3 is 2.65 bits per heavy atom. The first-order valence-electron chi connectivity index (χ1n) is 5.55. The summed E-state index contributed by atoms with van der Waals surface area (Å²) in [7, 11) is 0. The van der Waals surface area contributed by atoms with Crippen molar-refractivity contribution in [2.45, 2.75) is 25.8 Å². The number of aliphatic imine (C=N–C) groups is 1. The molecule has 6 heteroatoms. The second-order valence-electron chi connectivity index (χ2n) is 3.93. The van der Waals surface area contributed by atoms with Gasteiger partial charge in [-0.15, -0.1) is 35.3 Å². The summed E-state index contributed by atoms with van der Waals surface area (Å²) in [5, 5.41) is 0. The second kappa shape index (κ2) is 7.58. The molecule has 2 N–H and O–H groups in total. The third-order valence-electron chi connectivity index (χ3n) is 2.71. The smallest absolute Gasteiger partial charge is 0.191 e. The van der Waals surface area contributed by atoms with Crippen LogP contribution in [0, 0.1) is 0 Å². The van der Waals surface area contributed by atoms with Crippen LogP contribution in [0.4, 0.5) is 0 Å². The zero-order chi connectivity index (χ0) is 11.4. The van der Waals surface area contributed by atoms with Gasteiger partial charge < -0.3 is 10.6 Å². The van der Waals surface area contributed by atoms with E-state index in [1.807, 2.05) is 6.07 Å². The average molecular weight is 430 g/mol. The number of thiophene rings is 1. The van der Waals surface area contributed by atoms with Crippen molar-refractivity contribution in [2.24, 2.45) is 10.7 Å². The molecule has 2 heterocycles. The third kappa shape index (κ3) is 4.75. The minimum atomic E-state index is 0. The van der Waals surface area contributed by atoms with Crippen LogP contribution in [0.25, 0.3) is 0 Å².